The Kier molecular flexibility index (Phi) is 7.41. The van der Waals surface area contributed by atoms with E-state index in [1.807, 2.05) is 24.3 Å². The van der Waals surface area contributed by atoms with Gasteiger partial charge in [-0.3, -0.25) is 0 Å². The number of carbonyl (C=O) groups excluding carboxylic acids is 3. The van der Waals surface area contributed by atoms with Gasteiger partial charge in [0, 0.05) is 29.6 Å². The van der Waals surface area contributed by atoms with Crippen LogP contribution in [-0.4, -0.2) is 47.9 Å². The van der Waals surface area contributed by atoms with E-state index in [0.717, 1.165) is 22.5 Å². The van der Waals surface area contributed by atoms with Crippen molar-refractivity contribution in [3.8, 4) is 0 Å². The Bertz CT molecular complexity index is 881. The van der Waals surface area contributed by atoms with Crippen LogP contribution in [0.3, 0.4) is 0 Å². The topological polar surface area (TPSA) is 107 Å². The number of ether oxygens (including phenoxy) is 3. The predicted octanol–water partition coefficient (Wildman–Crippen LogP) is 2.88. The summed E-state index contributed by atoms with van der Waals surface area (Å²) in [7, 11) is 0. The van der Waals surface area contributed by atoms with Crippen molar-refractivity contribution in [2.24, 2.45) is 0 Å². The zero-order valence-electron chi connectivity index (χ0n) is 16.8. The van der Waals surface area contributed by atoms with Crippen molar-refractivity contribution in [2.45, 2.75) is 38.8 Å². The number of hydrogen-bond donors (Lipinski definition) is 2. The Morgan fingerprint density at radius 3 is 2.55 bits per heavy atom. The summed E-state index contributed by atoms with van der Waals surface area (Å²) in [6.45, 7) is 8.23. The minimum atomic E-state index is -0.973. The standard InChI is InChI=1S/C21H26N2O6/c1-5-18(24)27-10-11-28-19(25)17(23-20(26)29-21(2,3)4)12-14-13-22-16-9-7-6-8-15(14)16/h5-9,13,17,22H,1,10-12H2,2-4H3,(H,23,26)/t17-/m0/s1. The second kappa shape index (κ2) is 9.77. The molecule has 1 amide bonds. The van der Waals surface area contributed by atoms with E-state index in [0.29, 0.717) is 0 Å². The second-order valence-corrected chi connectivity index (χ2v) is 7.30. The number of fused-ring (bicyclic) bond motifs is 1. The Labute approximate surface area is 169 Å². The van der Waals surface area contributed by atoms with Crippen molar-refractivity contribution < 1.29 is 28.6 Å². The lowest BCUT2D eigenvalue weighted by molar-refractivity contribution is -0.151. The average molecular weight is 402 g/mol. The summed E-state index contributed by atoms with van der Waals surface area (Å²) in [5.41, 5.74) is 1.05. The highest BCUT2D eigenvalue weighted by atomic mass is 16.6. The van der Waals surface area contributed by atoms with Crippen molar-refractivity contribution in [1.82, 2.24) is 10.3 Å². The molecule has 0 aliphatic carbocycles. The van der Waals surface area contributed by atoms with Crippen LogP contribution >= 0.6 is 0 Å². The molecule has 0 radical (unpaired) electrons. The summed E-state index contributed by atoms with van der Waals surface area (Å²) < 4.78 is 15.2. The lowest BCUT2D eigenvalue weighted by Gasteiger charge is -2.23. The van der Waals surface area contributed by atoms with Crippen molar-refractivity contribution in [2.75, 3.05) is 13.2 Å². The molecule has 0 fully saturated rings. The fraction of sp³-hybridized carbons (Fsp3) is 0.381. The van der Waals surface area contributed by atoms with Crippen molar-refractivity contribution in [1.29, 1.82) is 0 Å². The van der Waals surface area contributed by atoms with Crippen LogP contribution in [0.4, 0.5) is 4.79 Å². The number of esters is 2. The molecule has 0 bridgehead atoms. The van der Waals surface area contributed by atoms with Gasteiger partial charge in [-0.1, -0.05) is 24.8 Å². The van der Waals surface area contributed by atoms with Crippen LogP contribution in [0.15, 0.2) is 43.1 Å². The van der Waals surface area contributed by atoms with Gasteiger partial charge in [0.1, 0.15) is 24.9 Å². The summed E-state index contributed by atoms with van der Waals surface area (Å²) in [4.78, 5) is 38.9. The maximum absolute atomic E-state index is 12.6. The molecule has 8 heteroatoms. The first-order chi connectivity index (χ1) is 13.7. The maximum Gasteiger partial charge on any atom is 0.408 e. The number of amides is 1. The molecule has 0 unspecified atom stereocenters. The number of carbonyl (C=O) groups is 3. The van der Waals surface area contributed by atoms with Gasteiger partial charge in [-0.05, 0) is 32.4 Å². The molecule has 29 heavy (non-hydrogen) atoms. The smallest absolute Gasteiger partial charge is 0.408 e. The number of aromatic nitrogens is 1. The maximum atomic E-state index is 12.6. The number of hydrogen-bond acceptors (Lipinski definition) is 6. The lowest BCUT2D eigenvalue weighted by Crippen LogP contribution is -2.45. The molecule has 0 aliphatic rings. The molecule has 2 aromatic rings. The zero-order chi connectivity index (χ0) is 21.4. The van der Waals surface area contributed by atoms with E-state index in [9.17, 15) is 14.4 Å². The molecule has 1 atom stereocenters. The average Bonchev–Trinajstić information content (AvgIpc) is 3.05. The number of benzene rings is 1. The van der Waals surface area contributed by atoms with Crippen LogP contribution in [0.2, 0.25) is 0 Å². The monoisotopic (exact) mass is 402 g/mol. The van der Waals surface area contributed by atoms with Gasteiger partial charge >= 0.3 is 18.0 Å². The minimum absolute atomic E-state index is 0.108. The number of nitrogens with one attached hydrogen (secondary N) is 2. The zero-order valence-corrected chi connectivity index (χ0v) is 16.8. The van der Waals surface area contributed by atoms with Crippen LogP contribution in [0.5, 0.6) is 0 Å². The van der Waals surface area contributed by atoms with Crippen molar-refractivity contribution >= 4 is 28.9 Å². The fourth-order valence-corrected chi connectivity index (χ4v) is 2.61. The summed E-state index contributed by atoms with van der Waals surface area (Å²) >= 11 is 0. The van der Waals surface area contributed by atoms with Crippen LogP contribution in [0.1, 0.15) is 26.3 Å². The number of aromatic amines is 1. The third-order valence-corrected chi connectivity index (χ3v) is 3.81. The van der Waals surface area contributed by atoms with E-state index in [2.05, 4.69) is 16.9 Å². The van der Waals surface area contributed by atoms with E-state index in [4.69, 9.17) is 14.2 Å². The molecule has 8 nitrogen and oxygen atoms in total. The number of alkyl carbamates (subject to hydrolysis) is 1. The highest BCUT2D eigenvalue weighted by Crippen LogP contribution is 2.19. The molecule has 0 saturated heterocycles. The number of para-hydroxylation sites is 1. The summed E-state index contributed by atoms with van der Waals surface area (Å²) in [6.07, 6.45) is 2.28. The highest BCUT2D eigenvalue weighted by Gasteiger charge is 2.26. The van der Waals surface area contributed by atoms with Gasteiger partial charge in [-0.2, -0.15) is 0 Å². The largest absolute Gasteiger partial charge is 0.461 e. The molecule has 2 N–H and O–H groups in total. The van der Waals surface area contributed by atoms with Gasteiger partial charge in [0.25, 0.3) is 0 Å². The second-order valence-electron chi connectivity index (χ2n) is 7.30. The highest BCUT2D eigenvalue weighted by molar-refractivity contribution is 5.86. The molecule has 156 valence electrons. The van der Waals surface area contributed by atoms with Crippen LogP contribution in [-0.2, 0) is 30.2 Å². The Hall–Kier alpha value is -3.29. The van der Waals surface area contributed by atoms with Gasteiger partial charge < -0.3 is 24.5 Å². The van der Waals surface area contributed by atoms with Crippen LogP contribution in [0, 0.1) is 0 Å². The van der Waals surface area contributed by atoms with E-state index in [1.165, 1.54) is 0 Å². The van der Waals surface area contributed by atoms with E-state index in [1.54, 1.807) is 27.0 Å². The van der Waals surface area contributed by atoms with Crippen LogP contribution < -0.4 is 5.32 Å². The van der Waals surface area contributed by atoms with Gasteiger partial charge in [0.05, 0.1) is 0 Å². The lowest BCUT2D eigenvalue weighted by atomic mass is 10.1. The SMILES string of the molecule is C=CC(=O)OCCOC(=O)[C@H](Cc1c[nH]c2ccccc12)NC(=O)OC(C)(C)C. The van der Waals surface area contributed by atoms with Crippen molar-refractivity contribution in [3.05, 3.63) is 48.7 Å². The Balaban J connectivity index is 2.07. The number of H-pyrrole nitrogens is 1. The van der Waals surface area contributed by atoms with Gasteiger partial charge in [0.15, 0.2) is 0 Å². The fourth-order valence-electron chi connectivity index (χ4n) is 2.61. The van der Waals surface area contributed by atoms with Gasteiger partial charge in [0.2, 0.25) is 0 Å². The van der Waals surface area contributed by atoms with E-state index < -0.39 is 29.7 Å². The van der Waals surface area contributed by atoms with Crippen molar-refractivity contribution in [3.63, 3.8) is 0 Å². The van der Waals surface area contributed by atoms with Gasteiger partial charge in [-0.25, -0.2) is 14.4 Å². The summed E-state index contributed by atoms with van der Waals surface area (Å²) in [6, 6.07) is 6.66. The molecule has 0 saturated carbocycles. The third kappa shape index (κ3) is 6.99. The molecule has 1 aromatic carbocycles. The molecule has 0 spiro atoms. The first-order valence-electron chi connectivity index (χ1n) is 9.20. The normalized spacial score (nSPS) is 12.1. The quantitative estimate of drug-likeness (QED) is 0.304. The van der Waals surface area contributed by atoms with Gasteiger partial charge in [-0.15, -0.1) is 0 Å². The first kappa shape index (κ1) is 22.0. The third-order valence-electron chi connectivity index (χ3n) is 3.81. The molecule has 2 rings (SSSR count). The Morgan fingerprint density at radius 1 is 1.17 bits per heavy atom. The Morgan fingerprint density at radius 2 is 1.86 bits per heavy atom. The minimum Gasteiger partial charge on any atom is -0.461 e. The summed E-state index contributed by atoms with van der Waals surface area (Å²) in [5, 5.41) is 3.50. The molecular weight excluding hydrogens is 376 g/mol. The van der Waals surface area contributed by atoms with E-state index in [-0.39, 0.29) is 19.6 Å². The molecule has 0 aliphatic heterocycles. The summed E-state index contributed by atoms with van der Waals surface area (Å²) in [5.74, 6) is -1.26. The molecule has 1 aromatic heterocycles. The van der Waals surface area contributed by atoms with E-state index >= 15 is 0 Å². The molecular formula is C21H26N2O6. The van der Waals surface area contributed by atoms with Crippen LogP contribution in [0.25, 0.3) is 10.9 Å². The predicted molar refractivity (Wildman–Crippen MR) is 107 cm³/mol. The molecule has 1 heterocycles. The number of rotatable bonds is 8. The first-order valence-corrected chi connectivity index (χ1v) is 9.20.